The Hall–Kier alpha value is -1.62. The van der Waals surface area contributed by atoms with E-state index in [4.69, 9.17) is 0 Å². The second-order valence-electron chi connectivity index (χ2n) is 4.37. The Bertz CT molecular complexity index is 397. The Balaban J connectivity index is 2.23. The van der Waals surface area contributed by atoms with Crippen molar-refractivity contribution in [2.45, 2.75) is 26.8 Å². The zero-order chi connectivity index (χ0) is 14.1. The molecule has 0 spiro atoms. The molecule has 1 amide bonds. The van der Waals surface area contributed by atoms with Crippen molar-refractivity contribution in [3.63, 3.8) is 0 Å². The maximum Gasteiger partial charge on any atom is 0.221 e. The number of nitrogens with one attached hydrogen (secondary N) is 1. The largest absolute Gasteiger partial charge is 0.355 e. The first-order chi connectivity index (χ1) is 9.21. The number of rotatable bonds is 9. The lowest BCUT2D eigenvalue weighted by atomic mass is 10.3. The molecule has 1 N–H and O–H groups in total. The highest BCUT2D eigenvalue weighted by molar-refractivity contribution is 5.76. The molecular formula is C14H23N3O2. The first-order valence-corrected chi connectivity index (χ1v) is 6.80. The third kappa shape index (κ3) is 5.26. The summed E-state index contributed by atoms with van der Waals surface area (Å²) in [7, 11) is 0. The maximum absolute atomic E-state index is 11.7. The molecular weight excluding hydrogens is 242 g/mol. The van der Waals surface area contributed by atoms with Gasteiger partial charge in [-0.25, -0.2) is 0 Å². The van der Waals surface area contributed by atoms with Crippen molar-refractivity contribution < 1.29 is 9.59 Å². The van der Waals surface area contributed by atoms with Crippen LogP contribution in [0, 0.1) is 0 Å². The number of amides is 1. The Morgan fingerprint density at radius 1 is 1.42 bits per heavy atom. The lowest BCUT2D eigenvalue weighted by Gasteiger charge is -2.18. The minimum atomic E-state index is 0.0257. The molecule has 0 aliphatic heterocycles. The predicted octanol–water partition coefficient (Wildman–Crippen LogP) is 1.15. The fourth-order valence-corrected chi connectivity index (χ4v) is 1.94. The van der Waals surface area contributed by atoms with E-state index in [1.807, 2.05) is 12.3 Å². The number of aldehydes is 1. The maximum atomic E-state index is 11.7. The van der Waals surface area contributed by atoms with Crippen LogP contribution in [0.1, 0.15) is 30.8 Å². The Morgan fingerprint density at radius 3 is 2.79 bits per heavy atom. The number of likely N-dealkylation sites (N-methyl/N-ethyl adjacent to an activating group) is 1. The Labute approximate surface area is 114 Å². The van der Waals surface area contributed by atoms with Crippen LogP contribution in [0.2, 0.25) is 0 Å². The first-order valence-electron chi connectivity index (χ1n) is 6.80. The van der Waals surface area contributed by atoms with Crippen LogP contribution in [0.25, 0.3) is 0 Å². The van der Waals surface area contributed by atoms with Crippen LogP contribution in [-0.4, -0.2) is 47.8 Å². The highest BCUT2D eigenvalue weighted by atomic mass is 16.1. The van der Waals surface area contributed by atoms with Crippen molar-refractivity contribution in [1.82, 2.24) is 14.8 Å². The van der Waals surface area contributed by atoms with Crippen molar-refractivity contribution in [3.05, 3.63) is 24.0 Å². The lowest BCUT2D eigenvalue weighted by Crippen LogP contribution is -2.35. The third-order valence-corrected chi connectivity index (χ3v) is 3.21. The molecule has 0 fully saturated rings. The van der Waals surface area contributed by atoms with Gasteiger partial charge in [-0.15, -0.1) is 0 Å². The molecule has 1 aromatic rings. The lowest BCUT2D eigenvalue weighted by molar-refractivity contribution is -0.121. The van der Waals surface area contributed by atoms with E-state index in [0.29, 0.717) is 25.2 Å². The van der Waals surface area contributed by atoms with E-state index >= 15 is 0 Å². The van der Waals surface area contributed by atoms with Gasteiger partial charge in [-0.05, 0) is 25.2 Å². The van der Waals surface area contributed by atoms with E-state index in [2.05, 4.69) is 24.1 Å². The van der Waals surface area contributed by atoms with E-state index in [9.17, 15) is 9.59 Å². The summed E-state index contributed by atoms with van der Waals surface area (Å²) in [6.07, 6.45) is 3.01. The van der Waals surface area contributed by atoms with Crippen LogP contribution >= 0.6 is 0 Å². The van der Waals surface area contributed by atoms with E-state index in [1.165, 1.54) is 0 Å². The zero-order valence-electron chi connectivity index (χ0n) is 11.8. The minimum Gasteiger partial charge on any atom is -0.355 e. The molecule has 5 heteroatoms. The van der Waals surface area contributed by atoms with Crippen LogP contribution < -0.4 is 5.32 Å². The average Bonchev–Trinajstić information content (AvgIpc) is 2.88. The first kappa shape index (κ1) is 15.4. The van der Waals surface area contributed by atoms with Gasteiger partial charge in [-0.3, -0.25) is 9.59 Å². The summed E-state index contributed by atoms with van der Waals surface area (Å²) in [6.45, 7) is 8.31. The van der Waals surface area contributed by atoms with Gasteiger partial charge in [0.1, 0.15) is 0 Å². The predicted molar refractivity (Wildman–Crippen MR) is 75.2 cm³/mol. The monoisotopic (exact) mass is 265 g/mol. The number of aromatic nitrogens is 1. The molecule has 0 aliphatic carbocycles. The Morgan fingerprint density at radius 2 is 2.16 bits per heavy atom. The molecule has 0 atom stereocenters. The number of carbonyl (C=O) groups is 2. The van der Waals surface area contributed by atoms with Gasteiger partial charge in [-0.2, -0.15) is 0 Å². The molecule has 1 aromatic heterocycles. The normalized spacial score (nSPS) is 10.7. The molecule has 1 rings (SSSR count). The molecule has 106 valence electrons. The fourth-order valence-electron chi connectivity index (χ4n) is 1.94. The molecule has 0 saturated heterocycles. The molecule has 0 radical (unpaired) electrons. The Kier molecular flexibility index (Phi) is 6.89. The number of nitrogens with zero attached hydrogens (tertiary/aromatic N) is 2. The van der Waals surface area contributed by atoms with Crippen molar-refractivity contribution in [2.75, 3.05) is 26.2 Å². The summed E-state index contributed by atoms with van der Waals surface area (Å²) in [5.74, 6) is 0.0257. The van der Waals surface area contributed by atoms with Crippen LogP contribution in [0.5, 0.6) is 0 Å². The summed E-state index contributed by atoms with van der Waals surface area (Å²) in [6, 6.07) is 3.55. The SMILES string of the molecule is CCN(CC)CCNC(=O)CCn1cccc1C=O. The highest BCUT2D eigenvalue weighted by Gasteiger charge is 2.05. The van der Waals surface area contributed by atoms with Gasteiger partial charge in [-0.1, -0.05) is 13.8 Å². The average molecular weight is 265 g/mol. The van der Waals surface area contributed by atoms with Crippen LogP contribution in [0.15, 0.2) is 18.3 Å². The van der Waals surface area contributed by atoms with Crippen molar-refractivity contribution in [3.8, 4) is 0 Å². The van der Waals surface area contributed by atoms with E-state index in [-0.39, 0.29) is 5.91 Å². The van der Waals surface area contributed by atoms with Gasteiger partial charge >= 0.3 is 0 Å². The summed E-state index contributed by atoms with van der Waals surface area (Å²) in [5.41, 5.74) is 0.607. The van der Waals surface area contributed by atoms with Gasteiger partial charge < -0.3 is 14.8 Å². The summed E-state index contributed by atoms with van der Waals surface area (Å²) < 4.78 is 1.79. The number of hydrogen-bond donors (Lipinski definition) is 1. The van der Waals surface area contributed by atoms with Gasteiger partial charge in [0, 0.05) is 32.3 Å². The van der Waals surface area contributed by atoms with E-state index < -0.39 is 0 Å². The molecule has 0 saturated carbocycles. The minimum absolute atomic E-state index is 0.0257. The number of hydrogen-bond acceptors (Lipinski definition) is 3. The summed E-state index contributed by atoms with van der Waals surface area (Å²) >= 11 is 0. The van der Waals surface area contributed by atoms with Gasteiger partial charge in [0.25, 0.3) is 0 Å². The second kappa shape index (κ2) is 8.48. The van der Waals surface area contributed by atoms with E-state index in [0.717, 1.165) is 25.9 Å². The smallest absolute Gasteiger partial charge is 0.221 e. The number of carbonyl (C=O) groups excluding carboxylic acids is 2. The molecule has 0 bridgehead atoms. The van der Waals surface area contributed by atoms with Crippen molar-refractivity contribution >= 4 is 12.2 Å². The topological polar surface area (TPSA) is 54.3 Å². The summed E-state index contributed by atoms with van der Waals surface area (Å²) in [5, 5.41) is 2.90. The number of aryl methyl sites for hydroxylation is 1. The van der Waals surface area contributed by atoms with Crippen molar-refractivity contribution in [2.24, 2.45) is 0 Å². The molecule has 1 heterocycles. The van der Waals surface area contributed by atoms with E-state index in [1.54, 1.807) is 10.6 Å². The van der Waals surface area contributed by atoms with Crippen molar-refractivity contribution in [1.29, 1.82) is 0 Å². The third-order valence-electron chi connectivity index (χ3n) is 3.21. The quantitative estimate of drug-likeness (QED) is 0.681. The highest BCUT2D eigenvalue weighted by Crippen LogP contribution is 2.00. The molecule has 0 unspecified atom stereocenters. The zero-order valence-corrected chi connectivity index (χ0v) is 11.8. The second-order valence-corrected chi connectivity index (χ2v) is 4.37. The summed E-state index contributed by atoms with van der Waals surface area (Å²) in [4.78, 5) is 24.6. The molecule has 0 aromatic carbocycles. The van der Waals surface area contributed by atoms with Crippen LogP contribution in [0.3, 0.4) is 0 Å². The fraction of sp³-hybridized carbons (Fsp3) is 0.571. The van der Waals surface area contributed by atoms with Gasteiger partial charge in [0.05, 0.1) is 5.69 Å². The standard InChI is InChI=1S/C14H23N3O2/c1-3-16(4-2)11-8-15-14(19)7-10-17-9-5-6-13(17)12-18/h5-6,9,12H,3-4,7-8,10-11H2,1-2H3,(H,15,19). The van der Waals surface area contributed by atoms with Crippen LogP contribution in [0.4, 0.5) is 0 Å². The molecule has 0 aliphatic rings. The van der Waals surface area contributed by atoms with Crippen LogP contribution in [-0.2, 0) is 11.3 Å². The molecule has 5 nitrogen and oxygen atoms in total. The van der Waals surface area contributed by atoms with Gasteiger partial charge in [0.2, 0.25) is 5.91 Å². The molecule has 19 heavy (non-hydrogen) atoms. The van der Waals surface area contributed by atoms with Gasteiger partial charge in [0.15, 0.2) is 6.29 Å².